The summed E-state index contributed by atoms with van der Waals surface area (Å²) in [6.07, 6.45) is 0. The molecule has 7 rings (SSSR count). The predicted octanol–water partition coefficient (Wildman–Crippen LogP) is 11.7. The van der Waals surface area contributed by atoms with Crippen molar-refractivity contribution >= 4 is 17.3 Å². The molecule has 7 aromatic rings. The topological polar surface area (TPSA) is 41.9 Å². The van der Waals surface area contributed by atoms with Crippen molar-refractivity contribution in [1.29, 1.82) is 0 Å². The molecule has 0 aliphatic heterocycles. The Bertz CT molecular complexity index is 2120. The third-order valence-electron chi connectivity index (χ3n) is 9.42. The molecule has 0 amide bonds. The fraction of sp³-hybridized carbons (Fsp3) is 0.152. The summed E-state index contributed by atoms with van der Waals surface area (Å²) in [7, 11) is 0. The summed E-state index contributed by atoms with van der Waals surface area (Å²) in [6.45, 7) is 13.4. The van der Waals surface area contributed by atoms with Crippen LogP contribution in [0.15, 0.2) is 140 Å². The Morgan fingerprint density at radius 1 is 0.420 bits per heavy atom. The quantitative estimate of drug-likeness (QED) is 0.154. The van der Waals surface area contributed by atoms with Gasteiger partial charge >= 0.3 is 0 Å². The van der Waals surface area contributed by atoms with Crippen LogP contribution in [0, 0.1) is 41.5 Å². The van der Waals surface area contributed by atoms with Crippen molar-refractivity contribution in [3.05, 3.63) is 190 Å². The minimum Gasteiger partial charge on any atom is -0.279 e. The maximum absolute atomic E-state index is 5.15. The minimum absolute atomic E-state index is 0.0342. The molecular formula is C46H42N4. The molecule has 0 aliphatic carbocycles. The van der Waals surface area contributed by atoms with E-state index in [1.807, 2.05) is 66.7 Å². The first-order valence-corrected chi connectivity index (χ1v) is 17.2. The molecule has 0 fully saturated rings. The van der Waals surface area contributed by atoms with Crippen molar-refractivity contribution in [2.75, 3.05) is 4.90 Å². The summed E-state index contributed by atoms with van der Waals surface area (Å²) in [5, 5.41) is 0. The molecule has 0 saturated carbocycles. The molecule has 0 bridgehead atoms. The highest BCUT2D eigenvalue weighted by molar-refractivity contribution is 5.76. The molecule has 0 aliphatic rings. The number of aromatic nitrogens is 3. The van der Waals surface area contributed by atoms with Crippen LogP contribution < -0.4 is 4.90 Å². The van der Waals surface area contributed by atoms with E-state index in [2.05, 4.69) is 119 Å². The zero-order chi connectivity index (χ0) is 34.8. The van der Waals surface area contributed by atoms with Gasteiger partial charge in [0.2, 0.25) is 5.95 Å². The number of aryl methyl sites for hydroxylation is 6. The number of nitrogens with zero attached hydrogens (tertiary/aromatic N) is 4. The van der Waals surface area contributed by atoms with Gasteiger partial charge in [-0.25, -0.2) is 4.98 Å². The lowest BCUT2D eigenvalue weighted by Gasteiger charge is -2.29. The van der Waals surface area contributed by atoms with Gasteiger partial charge in [0.05, 0.1) is 0 Å². The number of hydrogen-bond donors (Lipinski definition) is 0. The van der Waals surface area contributed by atoms with Crippen LogP contribution in [-0.2, 0) is 0 Å². The van der Waals surface area contributed by atoms with Crippen molar-refractivity contribution < 1.29 is 0 Å². The van der Waals surface area contributed by atoms with Gasteiger partial charge in [0.25, 0.3) is 0 Å². The highest BCUT2D eigenvalue weighted by atomic mass is 15.3. The Hall–Kier alpha value is -5.87. The molecule has 1 aromatic heterocycles. The molecule has 4 heteroatoms. The van der Waals surface area contributed by atoms with E-state index < -0.39 is 0 Å². The average Bonchev–Trinajstić information content (AvgIpc) is 3.11. The number of hydrogen-bond acceptors (Lipinski definition) is 4. The van der Waals surface area contributed by atoms with Crippen LogP contribution in [0.25, 0.3) is 22.8 Å². The van der Waals surface area contributed by atoms with Crippen molar-refractivity contribution in [3.8, 4) is 22.8 Å². The first-order valence-electron chi connectivity index (χ1n) is 17.2. The Morgan fingerprint density at radius 3 is 1.30 bits per heavy atom. The first kappa shape index (κ1) is 32.7. The van der Waals surface area contributed by atoms with Gasteiger partial charge in [-0.05, 0) is 105 Å². The Morgan fingerprint density at radius 2 is 0.840 bits per heavy atom. The summed E-state index contributed by atoms with van der Waals surface area (Å²) in [6, 6.07) is 48.8. The summed E-state index contributed by atoms with van der Waals surface area (Å²) < 4.78 is 0. The fourth-order valence-corrected chi connectivity index (χ4v) is 7.47. The summed E-state index contributed by atoms with van der Waals surface area (Å²) in [5.74, 6) is 1.84. The van der Waals surface area contributed by atoms with Crippen LogP contribution in [0.3, 0.4) is 0 Å². The Kier molecular flexibility index (Phi) is 9.10. The van der Waals surface area contributed by atoms with E-state index >= 15 is 0 Å². The van der Waals surface area contributed by atoms with Crippen molar-refractivity contribution in [2.24, 2.45) is 0 Å². The Labute approximate surface area is 296 Å². The SMILES string of the molecule is Cc1cc(C)c(C(c2cccc(N(c3ccccc3)c3nc(-c4ccccc4)nc(-c4ccccc4)n3)c2)c2c(C)cc(C)cc2C)c(C)c1. The van der Waals surface area contributed by atoms with E-state index in [1.165, 1.54) is 50.1 Å². The highest BCUT2D eigenvalue weighted by Crippen LogP contribution is 2.42. The first-order chi connectivity index (χ1) is 24.3. The molecule has 6 aromatic carbocycles. The lowest BCUT2D eigenvalue weighted by atomic mass is 9.77. The second-order valence-electron chi connectivity index (χ2n) is 13.3. The van der Waals surface area contributed by atoms with Crippen LogP contribution in [0.5, 0.6) is 0 Å². The lowest BCUT2D eigenvalue weighted by Crippen LogP contribution is -2.16. The molecule has 50 heavy (non-hydrogen) atoms. The number of para-hydroxylation sites is 1. The predicted molar refractivity (Wildman–Crippen MR) is 208 cm³/mol. The van der Waals surface area contributed by atoms with Crippen LogP contribution in [-0.4, -0.2) is 15.0 Å². The van der Waals surface area contributed by atoms with Crippen LogP contribution >= 0.6 is 0 Å². The molecule has 0 N–H and O–H groups in total. The maximum Gasteiger partial charge on any atom is 0.238 e. The zero-order valence-electron chi connectivity index (χ0n) is 29.6. The van der Waals surface area contributed by atoms with Crippen LogP contribution in [0.4, 0.5) is 17.3 Å². The smallest absolute Gasteiger partial charge is 0.238 e. The number of benzene rings is 6. The van der Waals surface area contributed by atoms with Gasteiger partial charge in [0, 0.05) is 28.4 Å². The van der Waals surface area contributed by atoms with Crippen molar-refractivity contribution in [1.82, 2.24) is 15.0 Å². The molecule has 0 saturated heterocycles. The molecular weight excluding hydrogens is 609 g/mol. The summed E-state index contributed by atoms with van der Waals surface area (Å²) in [5.41, 5.74) is 15.5. The van der Waals surface area contributed by atoms with Gasteiger partial charge in [-0.3, -0.25) is 4.90 Å². The van der Waals surface area contributed by atoms with Gasteiger partial charge in [0.15, 0.2) is 11.6 Å². The van der Waals surface area contributed by atoms with Crippen molar-refractivity contribution in [3.63, 3.8) is 0 Å². The zero-order valence-corrected chi connectivity index (χ0v) is 29.6. The highest BCUT2D eigenvalue weighted by Gasteiger charge is 2.26. The second kappa shape index (κ2) is 13.9. The van der Waals surface area contributed by atoms with Gasteiger partial charge in [-0.1, -0.05) is 126 Å². The molecule has 1 heterocycles. The third kappa shape index (κ3) is 6.57. The maximum atomic E-state index is 5.15. The molecule has 4 nitrogen and oxygen atoms in total. The molecule has 0 radical (unpaired) electrons. The minimum atomic E-state index is 0.0342. The van der Waals surface area contributed by atoms with Crippen LogP contribution in [0.1, 0.15) is 56.0 Å². The average molecular weight is 651 g/mol. The van der Waals surface area contributed by atoms with Gasteiger partial charge < -0.3 is 0 Å². The molecule has 0 atom stereocenters. The largest absolute Gasteiger partial charge is 0.279 e. The lowest BCUT2D eigenvalue weighted by molar-refractivity contribution is 0.918. The normalized spacial score (nSPS) is 11.2. The summed E-state index contributed by atoms with van der Waals surface area (Å²) >= 11 is 0. The van der Waals surface area contributed by atoms with Gasteiger partial charge in [0.1, 0.15) is 0 Å². The van der Waals surface area contributed by atoms with E-state index in [0.717, 1.165) is 22.5 Å². The third-order valence-corrected chi connectivity index (χ3v) is 9.42. The van der Waals surface area contributed by atoms with E-state index in [-0.39, 0.29) is 5.92 Å². The van der Waals surface area contributed by atoms with Gasteiger partial charge in [-0.15, -0.1) is 0 Å². The van der Waals surface area contributed by atoms with E-state index in [0.29, 0.717) is 17.6 Å². The van der Waals surface area contributed by atoms with Crippen molar-refractivity contribution in [2.45, 2.75) is 47.5 Å². The fourth-order valence-electron chi connectivity index (χ4n) is 7.47. The van der Waals surface area contributed by atoms with Crippen LogP contribution in [0.2, 0.25) is 0 Å². The molecule has 246 valence electrons. The monoisotopic (exact) mass is 650 g/mol. The number of rotatable bonds is 8. The Balaban J connectivity index is 1.47. The summed E-state index contributed by atoms with van der Waals surface area (Å²) in [4.78, 5) is 17.4. The van der Waals surface area contributed by atoms with E-state index in [9.17, 15) is 0 Å². The van der Waals surface area contributed by atoms with Gasteiger partial charge in [-0.2, -0.15) is 9.97 Å². The van der Waals surface area contributed by atoms with E-state index in [1.54, 1.807) is 0 Å². The standard InChI is InChI=1S/C46H42N4/c1-30-25-32(3)41(33(4)26-30)43(42-34(5)27-31(2)28-35(42)6)38-21-16-24-40(29-38)50(39-22-14-9-15-23-39)46-48-44(36-17-10-7-11-18-36)47-45(49-46)37-19-12-8-13-20-37/h7-29,43H,1-6H3. The van der Waals surface area contributed by atoms with E-state index in [4.69, 9.17) is 15.0 Å². The molecule has 0 spiro atoms. The molecule has 0 unspecified atom stereocenters. The second-order valence-corrected chi connectivity index (χ2v) is 13.3. The number of anilines is 3.